The van der Waals surface area contributed by atoms with Crippen LogP contribution in [-0.4, -0.2) is 16.6 Å². The molecule has 0 saturated heterocycles. The summed E-state index contributed by atoms with van der Waals surface area (Å²) in [5, 5.41) is 9.04. The van der Waals surface area contributed by atoms with Gasteiger partial charge in [0.05, 0.1) is 0 Å². The lowest BCUT2D eigenvalue weighted by Gasteiger charge is -2.23. The second kappa shape index (κ2) is 6.89. The molecule has 1 aromatic rings. The maximum absolute atomic E-state index is 11.0. The van der Waals surface area contributed by atoms with Gasteiger partial charge in [-0.2, -0.15) is 0 Å². The smallest absolute Gasteiger partial charge is 0.323 e. The highest BCUT2D eigenvalue weighted by atomic mass is 16.4. The van der Waals surface area contributed by atoms with E-state index in [9.17, 15) is 4.79 Å². The van der Waals surface area contributed by atoms with Crippen LogP contribution in [0, 0.1) is 19.8 Å². The molecule has 0 spiro atoms. The van der Waals surface area contributed by atoms with Gasteiger partial charge < -0.3 is 10.8 Å². The van der Waals surface area contributed by atoms with Crippen LogP contribution >= 0.6 is 0 Å². The Morgan fingerprint density at radius 1 is 1.40 bits per heavy atom. The molecule has 0 fully saturated rings. The SMILES string of the molecule is Cc1cccc(CCCC(C)CC(C)(N)C(=O)O)c1C. The van der Waals surface area contributed by atoms with Crippen molar-refractivity contribution in [3.63, 3.8) is 0 Å². The summed E-state index contributed by atoms with van der Waals surface area (Å²) in [5.74, 6) is -0.593. The van der Waals surface area contributed by atoms with Crippen LogP contribution in [0.4, 0.5) is 0 Å². The summed E-state index contributed by atoms with van der Waals surface area (Å²) in [5.41, 5.74) is 8.77. The van der Waals surface area contributed by atoms with E-state index in [1.165, 1.54) is 16.7 Å². The topological polar surface area (TPSA) is 63.3 Å². The number of carboxylic acid groups (broad SMARTS) is 1. The molecule has 0 aliphatic rings. The Morgan fingerprint density at radius 3 is 2.65 bits per heavy atom. The molecule has 20 heavy (non-hydrogen) atoms. The third-order valence-corrected chi connectivity index (χ3v) is 4.12. The van der Waals surface area contributed by atoms with Crippen molar-refractivity contribution >= 4 is 5.97 Å². The largest absolute Gasteiger partial charge is 0.480 e. The van der Waals surface area contributed by atoms with Crippen LogP contribution in [0.5, 0.6) is 0 Å². The molecule has 2 unspecified atom stereocenters. The van der Waals surface area contributed by atoms with Crippen LogP contribution in [-0.2, 0) is 11.2 Å². The molecule has 1 aromatic carbocycles. The molecule has 3 heteroatoms. The first-order valence-electron chi connectivity index (χ1n) is 7.31. The lowest BCUT2D eigenvalue weighted by molar-refractivity contribution is -0.143. The molecular weight excluding hydrogens is 250 g/mol. The zero-order valence-corrected chi connectivity index (χ0v) is 13.1. The molecule has 112 valence electrons. The molecule has 0 bridgehead atoms. The van der Waals surface area contributed by atoms with E-state index in [4.69, 9.17) is 10.8 Å². The number of rotatable bonds is 7. The molecule has 0 aromatic heterocycles. The van der Waals surface area contributed by atoms with E-state index < -0.39 is 11.5 Å². The molecular formula is C17H27NO2. The fraction of sp³-hybridized carbons (Fsp3) is 0.588. The molecule has 1 rings (SSSR count). The Balaban J connectivity index is 2.45. The quantitative estimate of drug-likeness (QED) is 0.802. The Kier molecular flexibility index (Phi) is 5.75. The van der Waals surface area contributed by atoms with Crippen LogP contribution < -0.4 is 5.73 Å². The maximum atomic E-state index is 11.0. The van der Waals surface area contributed by atoms with E-state index in [-0.39, 0.29) is 0 Å². The van der Waals surface area contributed by atoms with E-state index >= 15 is 0 Å². The number of hydrogen-bond acceptors (Lipinski definition) is 2. The van der Waals surface area contributed by atoms with E-state index in [2.05, 4.69) is 39.0 Å². The normalized spacial score (nSPS) is 15.7. The minimum absolute atomic E-state index is 0.325. The summed E-state index contributed by atoms with van der Waals surface area (Å²) in [6, 6.07) is 6.41. The second-order valence-electron chi connectivity index (χ2n) is 6.28. The Labute approximate surface area is 122 Å². The molecule has 0 aliphatic heterocycles. The molecule has 3 N–H and O–H groups in total. The van der Waals surface area contributed by atoms with Crippen molar-refractivity contribution in [1.82, 2.24) is 0 Å². The number of aliphatic carboxylic acids is 1. The van der Waals surface area contributed by atoms with E-state index in [0.29, 0.717) is 12.3 Å². The Hall–Kier alpha value is -1.35. The van der Waals surface area contributed by atoms with Crippen LogP contribution in [0.25, 0.3) is 0 Å². The van der Waals surface area contributed by atoms with E-state index in [0.717, 1.165) is 19.3 Å². The van der Waals surface area contributed by atoms with Gasteiger partial charge in [0.15, 0.2) is 0 Å². The van der Waals surface area contributed by atoms with Gasteiger partial charge in [-0.1, -0.05) is 31.5 Å². The first-order chi connectivity index (χ1) is 9.24. The number of carbonyl (C=O) groups is 1. The van der Waals surface area contributed by atoms with E-state index in [1.54, 1.807) is 6.92 Å². The number of hydrogen-bond donors (Lipinski definition) is 2. The molecule has 0 amide bonds. The molecule has 0 radical (unpaired) electrons. The summed E-state index contributed by atoms with van der Waals surface area (Å²) in [6.07, 6.45) is 3.65. The fourth-order valence-corrected chi connectivity index (χ4v) is 2.64. The van der Waals surface area contributed by atoms with Gasteiger partial charge in [0.25, 0.3) is 0 Å². The molecule has 2 atom stereocenters. The molecule has 0 heterocycles. The van der Waals surface area contributed by atoms with Crippen molar-refractivity contribution in [2.75, 3.05) is 0 Å². The Morgan fingerprint density at radius 2 is 2.05 bits per heavy atom. The number of benzene rings is 1. The van der Waals surface area contributed by atoms with Gasteiger partial charge in [0, 0.05) is 0 Å². The number of carboxylic acids is 1. The van der Waals surface area contributed by atoms with Crippen molar-refractivity contribution in [2.45, 2.75) is 58.9 Å². The zero-order valence-electron chi connectivity index (χ0n) is 13.1. The number of nitrogens with two attached hydrogens (primary N) is 1. The minimum Gasteiger partial charge on any atom is -0.480 e. The predicted octanol–water partition coefficient (Wildman–Crippen LogP) is 3.45. The predicted molar refractivity (Wildman–Crippen MR) is 82.9 cm³/mol. The van der Waals surface area contributed by atoms with Gasteiger partial charge in [-0.15, -0.1) is 0 Å². The van der Waals surface area contributed by atoms with E-state index in [1.807, 2.05) is 0 Å². The first kappa shape index (κ1) is 16.7. The monoisotopic (exact) mass is 277 g/mol. The Bertz CT molecular complexity index is 466. The summed E-state index contributed by atoms with van der Waals surface area (Å²) in [7, 11) is 0. The molecule has 3 nitrogen and oxygen atoms in total. The van der Waals surface area contributed by atoms with Crippen LogP contribution in [0.1, 0.15) is 49.8 Å². The minimum atomic E-state index is -1.11. The standard InChI is InChI=1S/C17H27NO2/c1-12(11-17(4,18)16(19)20)7-5-9-15-10-6-8-13(2)14(15)3/h6,8,10,12H,5,7,9,11,18H2,1-4H3,(H,19,20). The summed E-state index contributed by atoms with van der Waals surface area (Å²) in [6.45, 7) is 7.97. The third-order valence-electron chi connectivity index (χ3n) is 4.12. The first-order valence-corrected chi connectivity index (χ1v) is 7.31. The molecule has 0 saturated carbocycles. The van der Waals surface area contributed by atoms with Crippen LogP contribution in [0.3, 0.4) is 0 Å². The highest BCUT2D eigenvalue weighted by Crippen LogP contribution is 2.21. The summed E-state index contributed by atoms with van der Waals surface area (Å²) < 4.78 is 0. The lowest BCUT2D eigenvalue weighted by atomic mass is 9.87. The van der Waals surface area contributed by atoms with Crippen molar-refractivity contribution in [1.29, 1.82) is 0 Å². The van der Waals surface area contributed by atoms with Crippen molar-refractivity contribution in [3.8, 4) is 0 Å². The zero-order chi connectivity index (χ0) is 15.3. The van der Waals surface area contributed by atoms with Crippen molar-refractivity contribution < 1.29 is 9.90 Å². The van der Waals surface area contributed by atoms with Crippen molar-refractivity contribution in [2.24, 2.45) is 11.7 Å². The van der Waals surface area contributed by atoms with Gasteiger partial charge in [0.1, 0.15) is 5.54 Å². The summed E-state index contributed by atoms with van der Waals surface area (Å²) in [4.78, 5) is 11.0. The van der Waals surface area contributed by atoms with Gasteiger partial charge in [-0.3, -0.25) is 4.79 Å². The number of aryl methyl sites for hydroxylation is 2. The fourth-order valence-electron chi connectivity index (χ4n) is 2.64. The van der Waals surface area contributed by atoms with Gasteiger partial charge >= 0.3 is 5.97 Å². The highest BCUT2D eigenvalue weighted by Gasteiger charge is 2.29. The second-order valence-corrected chi connectivity index (χ2v) is 6.28. The van der Waals surface area contributed by atoms with Gasteiger partial charge in [-0.05, 0) is 62.6 Å². The average Bonchev–Trinajstić information content (AvgIpc) is 2.33. The summed E-state index contributed by atoms with van der Waals surface area (Å²) >= 11 is 0. The van der Waals surface area contributed by atoms with Gasteiger partial charge in [0.2, 0.25) is 0 Å². The third kappa shape index (κ3) is 4.64. The average molecular weight is 277 g/mol. The highest BCUT2D eigenvalue weighted by molar-refractivity contribution is 5.77. The lowest BCUT2D eigenvalue weighted by Crippen LogP contribution is -2.46. The van der Waals surface area contributed by atoms with Gasteiger partial charge in [-0.25, -0.2) is 0 Å². The van der Waals surface area contributed by atoms with Crippen LogP contribution in [0.15, 0.2) is 18.2 Å². The molecule has 0 aliphatic carbocycles. The van der Waals surface area contributed by atoms with Crippen molar-refractivity contribution in [3.05, 3.63) is 34.9 Å². The van der Waals surface area contributed by atoms with Crippen LogP contribution in [0.2, 0.25) is 0 Å². The maximum Gasteiger partial charge on any atom is 0.323 e.